The quantitative estimate of drug-likeness (QED) is 0.00737. The average molecular weight is 1230 g/mol. The van der Waals surface area contributed by atoms with Gasteiger partial charge in [0, 0.05) is 36.4 Å². The Kier molecular flexibility index (Phi) is 17.4. The first-order valence-electron chi connectivity index (χ1n) is 27.2. The van der Waals surface area contributed by atoms with Crippen molar-refractivity contribution >= 4 is 93.1 Å². The molecule has 1 fully saturated rings. The molecule has 5 heterocycles. The molecule has 2 amide bonds. The molecule has 3 aromatic heterocycles. The molecule has 442 valence electrons. The van der Waals surface area contributed by atoms with Gasteiger partial charge in [-0.2, -0.15) is 9.50 Å². The summed E-state index contributed by atoms with van der Waals surface area (Å²) in [6.07, 6.45) is -0.764. The molecule has 21 nitrogen and oxygen atoms in total. The molecule has 24 heteroatoms. The van der Waals surface area contributed by atoms with Crippen LogP contribution in [0.25, 0.3) is 5.78 Å². The number of oxime groups is 1. The number of aryl methyl sites for hydroxylation is 2. The minimum atomic E-state index is -1.38. The van der Waals surface area contributed by atoms with Crippen LogP contribution < -0.4 is 20.1 Å². The van der Waals surface area contributed by atoms with Gasteiger partial charge < -0.3 is 34.8 Å². The zero-order valence-electron chi connectivity index (χ0n) is 47.2. The Morgan fingerprint density at radius 3 is 1.85 bits per heavy atom. The standard InChI is InChI=1S/C64H51N9O12S3/c1-36-30-48(82-38(3)74)49(83-39(4)75)32-46(36)60(80)85-71-51(47-35-88-63(66-47)69-64(43-24-14-7-15-25-43,44-26-16-8-17-27-44)45-28-18-9-19-29-45)56(76)67-52-57(77)72-53(59(78)79)42(34-87-58(52)72)33-86-50-31-37(2)65-62-68-55(70-73(50)62)61(81)84-54(40-20-10-5-11-21-40)41-22-12-6-13-23-41/h5-32,35,52,54,58H,33-34H2,1-4H3,(H,66,69)(H,67,76)(H,78,79)/t52-,58-/m1/s1. The van der Waals surface area contributed by atoms with Crippen molar-refractivity contribution < 1.29 is 57.7 Å². The number of aliphatic carboxylic acids is 1. The van der Waals surface area contributed by atoms with Crippen LogP contribution in [0.3, 0.4) is 0 Å². The Morgan fingerprint density at radius 2 is 1.30 bits per heavy atom. The molecular weight excluding hydrogens is 1180 g/mol. The maximum Gasteiger partial charge on any atom is 0.379 e. The van der Waals surface area contributed by atoms with Crippen LogP contribution in [0.15, 0.2) is 197 Å². The number of thioether (sulfide) groups is 2. The monoisotopic (exact) mass is 1230 g/mol. The molecule has 0 radical (unpaired) electrons. The molecular formula is C64H51N9O12S3. The third kappa shape index (κ3) is 12.4. The highest BCUT2D eigenvalue weighted by atomic mass is 32.2. The van der Waals surface area contributed by atoms with E-state index in [0.29, 0.717) is 21.4 Å². The Balaban J connectivity index is 0.868. The van der Waals surface area contributed by atoms with E-state index in [4.69, 9.17) is 24.0 Å². The molecule has 9 aromatic rings. The van der Waals surface area contributed by atoms with Gasteiger partial charge >= 0.3 is 29.8 Å². The maximum atomic E-state index is 14.8. The van der Waals surface area contributed by atoms with Crippen molar-refractivity contribution in [1.29, 1.82) is 0 Å². The number of nitrogens with zero attached hydrogens (tertiary/aromatic N) is 7. The van der Waals surface area contributed by atoms with Crippen molar-refractivity contribution in [1.82, 2.24) is 34.8 Å². The highest BCUT2D eigenvalue weighted by Gasteiger charge is 2.54. The second-order valence-electron chi connectivity index (χ2n) is 20.0. The topological polar surface area (TPSA) is 272 Å². The second kappa shape index (κ2) is 25.7. The Labute approximate surface area is 514 Å². The number of benzene rings is 6. The van der Waals surface area contributed by atoms with E-state index in [0.717, 1.165) is 64.0 Å². The third-order valence-corrected chi connectivity index (χ3v) is 17.2. The van der Waals surface area contributed by atoms with Gasteiger partial charge in [-0.15, -0.1) is 40.0 Å². The number of fused-ring (bicyclic) bond motifs is 2. The summed E-state index contributed by atoms with van der Waals surface area (Å²) in [5.41, 5.74) is 3.07. The minimum Gasteiger partial charge on any atom is -0.477 e. The minimum absolute atomic E-state index is 0.0568. The fourth-order valence-electron chi connectivity index (χ4n) is 10.1. The lowest BCUT2D eigenvalue weighted by molar-refractivity contribution is -0.150. The van der Waals surface area contributed by atoms with E-state index in [-0.39, 0.29) is 57.1 Å². The first-order chi connectivity index (χ1) is 42.6. The zero-order chi connectivity index (χ0) is 61.6. The van der Waals surface area contributed by atoms with Crippen LogP contribution in [0.5, 0.6) is 11.5 Å². The van der Waals surface area contributed by atoms with Gasteiger partial charge in [0.1, 0.15) is 33.4 Å². The van der Waals surface area contributed by atoms with Crippen LogP contribution in [-0.4, -0.2) is 105 Å². The number of carbonyl (C=O) groups is 7. The Bertz CT molecular complexity index is 4110. The van der Waals surface area contributed by atoms with E-state index in [9.17, 15) is 38.7 Å². The molecule has 2 aliphatic heterocycles. The number of anilines is 1. The summed E-state index contributed by atoms with van der Waals surface area (Å²) >= 11 is 3.54. The Hall–Kier alpha value is -10.3. The number of carboxylic acid groups (broad SMARTS) is 1. The van der Waals surface area contributed by atoms with Crippen LogP contribution in [0.4, 0.5) is 5.13 Å². The third-order valence-electron chi connectivity index (χ3n) is 14.1. The number of carbonyl (C=O) groups excluding carboxylic acids is 6. The van der Waals surface area contributed by atoms with E-state index in [1.54, 1.807) is 13.0 Å². The van der Waals surface area contributed by atoms with Crippen molar-refractivity contribution in [2.75, 3.05) is 16.8 Å². The second-order valence-corrected chi connectivity index (χ2v) is 23.0. The normalized spacial score (nSPS) is 14.8. The summed E-state index contributed by atoms with van der Waals surface area (Å²) in [6, 6.07) is 50.5. The lowest BCUT2D eigenvalue weighted by Crippen LogP contribution is -2.71. The van der Waals surface area contributed by atoms with Crippen LogP contribution >= 0.6 is 34.9 Å². The number of β-lactam (4-membered cyclic amide) rings is 1. The van der Waals surface area contributed by atoms with Crippen molar-refractivity contribution in [2.45, 2.75) is 55.8 Å². The number of rotatable bonds is 20. The van der Waals surface area contributed by atoms with Gasteiger partial charge in [0.2, 0.25) is 0 Å². The summed E-state index contributed by atoms with van der Waals surface area (Å²) in [5, 5.41) is 27.1. The van der Waals surface area contributed by atoms with Gasteiger partial charge in [-0.25, -0.2) is 24.4 Å². The number of aromatic nitrogens is 5. The number of esters is 3. The van der Waals surface area contributed by atoms with E-state index in [2.05, 4.69) is 30.9 Å². The maximum absolute atomic E-state index is 14.8. The number of ether oxygens (including phenoxy) is 3. The molecule has 11 rings (SSSR count). The molecule has 1 saturated heterocycles. The number of thiazole rings is 1. The molecule has 6 aromatic carbocycles. The first kappa shape index (κ1) is 59.4. The number of hydrogen-bond acceptors (Lipinski definition) is 20. The number of amides is 2. The molecule has 0 bridgehead atoms. The van der Waals surface area contributed by atoms with Gasteiger partial charge in [-0.3, -0.25) is 24.1 Å². The van der Waals surface area contributed by atoms with E-state index in [1.807, 2.05) is 152 Å². The van der Waals surface area contributed by atoms with E-state index < -0.39 is 70.4 Å². The molecule has 0 saturated carbocycles. The Morgan fingerprint density at radius 1 is 0.739 bits per heavy atom. The van der Waals surface area contributed by atoms with Crippen LogP contribution in [0, 0.1) is 13.8 Å². The smallest absolute Gasteiger partial charge is 0.379 e. The molecule has 2 aliphatic rings. The van der Waals surface area contributed by atoms with Gasteiger partial charge in [-0.05, 0) is 71.0 Å². The van der Waals surface area contributed by atoms with Gasteiger partial charge in [0.25, 0.3) is 23.4 Å². The highest BCUT2D eigenvalue weighted by molar-refractivity contribution is 8.01. The number of carboxylic acids is 1. The fourth-order valence-corrected chi connectivity index (χ4v) is 13.4. The summed E-state index contributed by atoms with van der Waals surface area (Å²) in [6.45, 7) is 5.52. The molecule has 88 heavy (non-hydrogen) atoms. The predicted octanol–water partition coefficient (Wildman–Crippen LogP) is 9.49. The zero-order valence-corrected chi connectivity index (χ0v) is 49.6. The number of hydrogen-bond donors (Lipinski definition) is 3. The molecule has 3 N–H and O–H groups in total. The SMILES string of the molecule is CC(=O)Oc1cc(C)c(C(=O)ON=C(C(=O)N[C@@H]2C(=O)N3C(C(=O)O)=C(CSc4cc(C)nc5nc(C(=O)OC(c6ccccc6)c6ccccc6)nn45)CS[C@H]23)c2csc(NC(c3ccccc3)(c3ccccc3)c3ccccc3)n2)cc1OC(C)=O. The molecule has 2 atom stereocenters. The predicted molar refractivity (Wildman–Crippen MR) is 327 cm³/mol. The van der Waals surface area contributed by atoms with E-state index in [1.165, 1.54) is 46.4 Å². The molecule has 0 spiro atoms. The molecule has 0 unspecified atom stereocenters. The highest BCUT2D eigenvalue weighted by Crippen LogP contribution is 2.43. The summed E-state index contributed by atoms with van der Waals surface area (Å²) in [5.74, 6) is -6.91. The largest absolute Gasteiger partial charge is 0.477 e. The van der Waals surface area contributed by atoms with Crippen LogP contribution in [0.1, 0.15) is 85.7 Å². The van der Waals surface area contributed by atoms with Crippen LogP contribution in [0.2, 0.25) is 0 Å². The van der Waals surface area contributed by atoms with E-state index >= 15 is 0 Å². The summed E-state index contributed by atoms with van der Waals surface area (Å²) in [7, 11) is 0. The lowest BCUT2D eigenvalue weighted by Gasteiger charge is -2.49. The van der Waals surface area contributed by atoms with Crippen molar-refractivity contribution in [3.8, 4) is 11.5 Å². The first-order valence-corrected chi connectivity index (χ1v) is 30.1. The van der Waals surface area contributed by atoms with Crippen molar-refractivity contribution in [2.24, 2.45) is 5.16 Å². The average Bonchev–Trinajstić information content (AvgIpc) is 0.901. The number of nitrogens with one attached hydrogen (secondary N) is 2. The molecule has 0 aliphatic carbocycles. The summed E-state index contributed by atoms with van der Waals surface area (Å²) < 4.78 is 17.9. The van der Waals surface area contributed by atoms with Crippen LogP contribution in [-0.2, 0) is 39.1 Å². The van der Waals surface area contributed by atoms with Crippen molar-refractivity contribution in [3.63, 3.8) is 0 Å². The summed E-state index contributed by atoms with van der Waals surface area (Å²) in [4.78, 5) is 115. The van der Waals surface area contributed by atoms with Crippen molar-refractivity contribution in [3.05, 3.63) is 243 Å². The lowest BCUT2D eigenvalue weighted by atomic mass is 9.77. The van der Waals surface area contributed by atoms with Gasteiger partial charge in [0.15, 0.2) is 28.4 Å². The van der Waals surface area contributed by atoms with Gasteiger partial charge in [-0.1, -0.05) is 157 Å². The fraction of sp³-hybridized carbons (Fsp3) is 0.156. The van der Waals surface area contributed by atoms with Gasteiger partial charge in [0.05, 0.1) is 5.56 Å².